The number of carbonyl (C=O) groups excluding carboxylic acids is 3. The van der Waals surface area contributed by atoms with Crippen molar-refractivity contribution in [1.82, 2.24) is 5.32 Å². The smallest absolute Gasteiger partial charge is 0.331 e. The van der Waals surface area contributed by atoms with Crippen LogP contribution >= 0.6 is 11.6 Å². The minimum atomic E-state index is -1.13. The molecule has 2 N–H and O–H groups in total. The van der Waals surface area contributed by atoms with E-state index in [9.17, 15) is 14.4 Å². The lowest BCUT2D eigenvalue weighted by molar-refractivity contribution is -0.149. The second-order valence-corrected chi connectivity index (χ2v) is 5.71. The minimum absolute atomic E-state index is 0.534. The van der Waals surface area contributed by atoms with Gasteiger partial charge in [0.05, 0.1) is 0 Å². The number of ether oxygens (including phenoxy) is 1. The second-order valence-electron chi connectivity index (χ2n) is 5.28. The zero-order valence-corrected chi connectivity index (χ0v) is 14.7. The molecule has 0 saturated heterocycles. The lowest BCUT2D eigenvalue weighted by Crippen LogP contribution is -2.41. The molecule has 26 heavy (non-hydrogen) atoms. The predicted octanol–water partition coefficient (Wildman–Crippen LogP) is 3.63. The third kappa shape index (κ3) is 6.41. The average Bonchev–Trinajstić information content (AvgIpc) is 2.60. The summed E-state index contributed by atoms with van der Waals surface area (Å²) in [6.45, 7) is 1.37. The quantitative estimate of drug-likeness (QED) is 0.620. The molecule has 0 aliphatic rings. The van der Waals surface area contributed by atoms with Gasteiger partial charge in [-0.15, -0.1) is 0 Å². The molecule has 0 aromatic heterocycles. The number of nitrogens with one attached hydrogen (secondary N) is 2. The van der Waals surface area contributed by atoms with Gasteiger partial charge >= 0.3 is 12.0 Å². The van der Waals surface area contributed by atoms with Crippen LogP contribution in [-0.4, -0.2) is 24.0 Å². The molecule has 0 heterocycles. The molecular formula is C19H17ClN2O4. The maximum absolute atomic E-state index is 11.9. The number of hydrogen-bond donors (Lipinski definition) is 2. The summed E-state index contributed by atoms with van der Waals surface area (Å²) in [5, 5.41) is 5.14. The van der Waals surface area contributed by atoms with E-state index >= 15 is 0 Å². The lowest BCUT2D eigenvalue weighted by Gasteiger charge is -2.12. The Hall–Kier alpha value is -3.12. The molecule has 134 valence electrons. The van der Waals surface area contributed by atoms with Crippen LogP contribution in [0.3, 0.4) is 0 Å². The number of imide groups is 1. The van der Waals surface area contributed by atoms with Crippen LogP contribution in [0.5, 0.6) is 0 Å². The summed E-state index contributed by atoms with van der Waals surface area (Å²) in [5.74, 6) is -1.45. The van der Waals surface area contributed by atoms with Crippen LogP contribution in [0.1, 0.15) is 12.5 Å². The standard InChI is InChI=1S/C19H17ClN2O4/c1-13(18(24)22-19(25)21-16-8-3-2-4-9-16)26-17(23)11-10-14-6-5-7-15(20)12-14/h2-13H,1H3,(H2,21,22,24,25)/b11-10+. The first-order valence-electron chi connectivity index (χ1n) is 7.75. The highest BCUT2D eigenvalue weighted by Crippen LogP contribution is 2.12. The van der Waals surface area contributed by atoms with Gasteiger partial charge in [0.25, 0.3) is 5.91 Å². The Morgan fingerprint density at radius 2 is 1.81 bits per heavy atom. The monoisotopic (exact) mass is 372 g/mol. The molecule has 1 unspecified atom stereocenters. The van der Waals surface area contributed by atoms with E-state index < -0.39 is 24.0 Å². The first kappa shape index (κ1) is 19.2. The van der Waals surface area contributed by atoms with Crippen molar-refractivity contribution in [3.05, 3.63) is 71.3 Å². The van der Waals surface area contributed by atoms with Crippen molar-refractivity contribution in [3.8, 4) is 0 Å². The maximum Gasteiger partial charge on any atom is 0.331 e. The third-order valence-corrected chi connectivity index (χ3v) is 3.43. The fourth-order valence-electron chi connectivity index (χ4n) is 1.94. The van der Waals surface area contributed by atoms with Crippen LogP contribution < -0.4 is 10.6 Å². The van der Waals surface area contributed by atoms with Gasteiger partial charge in [-0.25, -0.2) is 9.59 Å². The van der Waals surface area contributed by atoms with Crippen molar-refractivity contribution < 1.29 is 19.1 Å². The lowest BCUT2D eigenvalue weighted by atomic mass is 10.2. The first-order valence-corrected chi connectivity index (χ1v) is 8.13. The van der Waals surface area contributed by atoms with Crippen molar-refractivity contribution in [2.24, 2.45) is 0 Å². The summed E-state index contributed by atoms with van der Waals surface area (Å²) in [6, 6.07) is 14.8. The van der Waals surface area contributed by atoms with Crippen molar-refractivity contribution in [1.29, 1.82) is 0 Å². The number of halogens is 1. The van der Waals surface area contributed by atoms with E-state index in [2.05, 4.69) is 10.6 Å². The van der Waals surface area contributed by atoms with E-state index in [1.165, 1.54) is 19.1 Å². The van der Waals surface area contributed by atoms with E-state index in [0.717, 1.165) is 0 Å². The second kappa shape index (κ2) is 9.39. The third-order valence-electron chi connectivity index (χ3n) is 3.19. The van der Waals surface area contributed by atoms with Crippen LogP contribution in [0.15, 0.2) is 60.7 Å². The summed E-state index contributed by atoms with van der Waals surface area (Å²) < 4.78 is 4.96. The van der Waals surface area contributed by atoms with Gasteiger partial charge in [-0.1, -0.05) is 41.9 Å². The Morgan fingerprint density at radius 3 is 2.50 bits per heavy atom. The van der Waals surface area contributed by atoms with Gasteiger partial charge in [0.1, 0.15) is 0 Å². The number of anilines is 1. The summed E-state index contributed by atoms with van der Waals surface area (Å²) in [7, 11) is 0. The Labute approximate surface area is 155 Å². The molecule has 0 bridgehead atoms. The number of urea groups is 1. The highest BCUT2D eigenvalue weighted by atomic mass is 35.5. The van der Waals surface area contributed by atoms with E-state index in [-0.39, 0.29) is 0 Å². The van der Waals surface area contributed by atoms with E-state index in [0.29, 0.717) is 16.3 Å². The van der Waals surface area contributed by atoms with Gasteiger partial charge in [-0.05, 0) is 42.8 Å². The van der Waals surface area contributed by atoms with Crippen LogP contribution in [-0.2, 0) is 14.3 Å². The number of benzene rings is 2. The summed E-state index contributed by atoms with van der Waals surface area (Å²) >= 11 is 5.85. The first-order chi connectivity index (χ1) is 12.4. The Balaban J connectivity index is 1.82. The number of esters is 1. The number of carbonyl (C=O) groups is 3. The molecular weight excluding hydrogens is 356 g/mol. The summed E-state index contributed by atoms with van der Waals surface area (Å²) in [5.41, 5.74) is 1.25. The zero-order valence-electron chi connectivity index (χ0n) is 13.9. The van der Waals surface area contributed by atoms with Crippen molar-refractivity contribution in [2.45, 2.75) is 13.0 Å². The molecule has 2 rings (SSSR count). The number of amides is 3. The average molecular weight is 373 g/mol. The van der Waals surface area contributed by atoms with Gasteiger partial charge in [0, 0.05) is 16.8 Å². The molecule has 0 saturated carbocycles. The van der Waals surface area contributed by atoms with Crippen molar-refractivity contribution >= 4 is 41.3 Å². The number of para-hydroxylation sites is 1. The van der Waals surface area contributed by atoms with Crippen LogP contribution in [0, 0.1) is 0 Å². The summed E-state index contributed by atoms with van der Waals surface area (Å²) in [6.07, 6.45) is 1.56. The van der Waals surface area contributed by atoms with Gasteiger partial charge in [0.15, 0.2) is 6.10 Å². The number of rotatable bonds is 5. The molecule has 3 amide bonds. The predicted molar refractivity (Wildman–Crippen MR) is 99.6 cm³/mol. The van der Waals surface area contributed by atoms with Crippen molar-refractivity contribution in [2.75, 3.05) is 5.32 Å². The Morgan fingerprint density at radius 1 is 1.08 bits per heavy atom. The van der Waals surface area contributed by atoms with E-state index in [1.807, 2.05) is 0 Å². The molecule has 2 aromatic carbocycles. The number of hydrogen-bond acceptors (Lipinski definition) is 4. The molecule has 7 heteroatoms. The van der Waals surface area contributed by atoms with Gasteiger partial charge in [0.2, 0.25) is 0 Å². The molecule has 0 aliphatic carbocycles. The molecule has 1 atom stereocenters. The van der Waals surface area contributed by atoms with Crippen molar-refractivity contribution in [3.63, 3.8) is 0 Å². The topological polar surface area (TPSA) is 84.5 Å². The van der Waals surface area contributed by atoms with Gasteiger partial charge in [-0.2, -0.15) is 0 Å². The molecule has 0 fully saturated rings. The fraction of sp³-hybridized carbons (Fsp3) is 0.105. The zero-order chi connectivity index (χ0) is 18.9. The van der Waals surface area contributed by atoms with Gasteiger partial charge < -0.3 is 10.1 Å². The van der Waals surface area contributed by atoms with Crippen LogP contribution in [0.4, 0.5) is 10.5 Å². The minimum Gasteiger partial charge on any atom is -0.449 e. The van der Waals surface area contributed by atoms with Gasteiger partial charge in [-0.3, -0.25) is 10.1 Å². The SMILES string of the molecule is CC(OC(=O)/C=C/c1cccc(Cl)c1)C(=O)NC(=O)Nc1ccccc1. The fourth-order valence-corrected chi connectivity index (χ4v) is 2.14. The van der Waals surface area contributed by atoms with Crippen LogP contribution in [0.25, 0.3) is 6.08 Å². The maximum atomic E-state index is 11.9. The summed E-state index contributed by atoms with van der Waals surface area (Å²) in [4.78, 5) is 35.4. The highest BCUT2D eigenvalue weighted by molar-refractivity contribution is 6.30. The Kier molecular flexibility index (Phi) is 6.93. The molecule has 6 nitrogen and oxygen atoms in total. The molecule has 2 aromatic rings. The molecule has 0 radical (unpaired) electrons. The van der Waals surface area contributed by atoms with E-state index in [4.69, 9.17) is 16.3 Å². The molecule has 0 aliphatic heterocycles. The Bertz CT molecular complexity index is 821. The highest BCUT2D eigenvalue weighted by Gasteiger charge is 2.19. The van der Waals surface area contributed by atoms with E-state index in [1.54, 1.807) is 54.6 Å². The molecule has 0 spiro atoms. The largest absolute Gasteiger partial charge is 0.449 e. The normalized spacial score (nSPS) is 11.6. The van der Waals surface area contributed by atoms with Crippen LogP contribution in [0.2, 0.25) is 5.02 Å².